The van der Waals surface area contributed by atoms with Crippen molar-refractivity contribution in [2.24, 2.45) is 5.41 Å². The molecule has 0 amide bonds. The van der Waals surface area contributed by atoms with Gasteiger partial charge in [0.15, 0.2) is 29.9 Å². The number of fused-ring (bicyclic) bond motifs is 1. The smallest absolute Gasteiger partial charge is 0.341 e. The fourth-order valence-electron chi connectivity index (χ4n) is 3.94. The zero-order valence-corrected chi connectivity index (χ0v) is 21.2. The fourth-order valence-corrected chi connectivity index (χ4v) is 4.68. The highest BCUT2D eigenvalue weighted by Gasteiger charge is 2.56. The first-order valence-electron chi connectivity index (χ1n) is 10.8. The van der Waals surface area contributed by atoms with Gasteiger partial charge in [-0.05, 0) is 25.4 Å². The summed E-state index contributed by atoms with van der Waals surface area (Å²) in [7, 11) is 0. The molecule has 1 fully saturated rings. The van der Waals surface area contributed by atoms with Crippen molar-refractivity contribution in [3.63, 3.8) is 0 Å². The van der Waals surface area contributed by atoms with Crippen LogP contribution in [0.5, 0.6) is 0 Å². The van der Waals surface area contributed by atoms with Crippen molar-refractivity contribution in [2.75, 3.05) is 18.9 Å². The summed E-state index contributed by atoms with van der Waals surface area (Å²) in [5.41, 5.74) is 7.30. The van der Waals surface area contributed by atoms with Gasteiger partial charge in [-0.25, -0.2) is 14.8 Å². The number of thiazole rings is 1. The Morgan fingerprint density at radius 3 is 2.83 bits per heavy atom. The lowest BCUT2D eigenvalue weighted by atomic mass is 9.81. The average Bonchev–Trinajstić information content (AvgIpc) is 3.55. The molecule has 0 radical (unpaired) electrons. The van der Waals surface area contributed by atoms with E-state index in [4.69, 9.17) is 42.7 Å². The summed E-state index contributed by atoms with van der Waals surface area (Å²) in [5, 5.41) is 1.59. The summed E-state index contributed by atoms with van der Waals surface area (Å²) in [5.74, 6) is 1.60. The Kier molecular flexibility index (Phi) is 7.41. The quantitative estimate of drug-likeness (QED) is 0.257. The molecule has 1 aliphatic rings. The number of rotatable bonds is 8. The molecule has 3 aromatic rings. The molecule has 36 heavy (non-hydrogen) atoms. The zero-order valence-electron chi connectivity index (χ0n) is 19.6. The SMILES string of the molecule is C#C[C@@]1(C)[C@@H](COC(C(=O)OCC)c2cscn2)O[C@@H](n2cnc3c(N)nc(Cl)nc32)[C@@H]1OC(C)=O. The van der Waals surface area contributed by atoms with Gasteiger partial charge in [-0.2, -0.15) is 9.97 Å². The van der Waals surface area contributed by atoms with E-state index >= 15 is 0 Å². The largest absolute Gasteiger partial charge is 0.464 e. The fraction of sp³-hybridized carbons (Fsp3) is 0.455. The standard InChI is InChI=1S/C22H23ClN6O6S/c1-5-22(4)13(7-33-15(20(31)32-6-2)12-8-36-10-26-12)35-19(16(22)34-11(3)30)29-9-25-14-17(24)27-21(23)28-18(14)29/h1,8-10,13,15-16,19H,6-7H2,2-4H3,(H2,24,27,28)/t13-,15?,16+,19-,22+/m1/s1. The van der Waals surface area contributed by atoms with Crippen LogP contribution in [0.15, 0.2) is 17.2 Å². The van der Waals surface area contributed by atoms with Crippen LogP contribution < -0.4 is 5.73 Å². The summed E-state index contributed by atoms with van der Waals surface area (Å²) < 4.78 is 24.5. The van der Waals surface area contributed by atoms with Gasteiger partial charge >= 0.3 is 11.9 Å². The number of imidazole rings is 1. The number of nitrogens with zero attached hydrogens (tertiary/aromatic N) is 5. The van der Waals surface area contributed by atoms with Crippen LogP contribution >= 0.6 is 22.9 Å². The highest BCUT2D eigenvalue weighted by atomic mass is 35.5. The van der Waals surface area contributed by atoms with Gasteiger partial charge in [0.25, 0.3) is 0 Å². The van der Waals surface area contributed by atoms with Crippen molar-refractivity contribution in [3.8, 4) is 12.3 Å². The van der Waals surface area contributed by atoms with Crippen molar-refractivity contribution in [1.29, 1.82) is 0 Å². The maximum atomic E-state index is 12.6. The molecule has 14 heteroatoms. The third kappa shape index (κ3) is 4.72. The average molecular weight is 535 g/mol. The first kappa shape index (κ1) is 25.8. The van der Waals surface area contributed by atoms with E-state index in [0.717, 1.165) is 0 Å². The first-order valence-corrected chi connectivity index (χ1v) is 12.1. The molecular formula is C22H23ClN6O6S. The van der Waals surface area contributed by atoms with Gasteiger partial charge in [0.2, 0.25) is 5.28 Å². The number of esters is 2. The number of nitrogen functional groups attached to an aromatic ring is 1. The Morgan fingerprint density at radius 1 is 1.42 bits per heavy atom. The van der Waals surface area contributed by atoms with E-state index in [1.165, 1.54) is 29.2 Å². The monoisotopic (exact) mass is 534 g/mol. The van der Waals surface area contributed by atoms with Gasteiger partial charge in [0.05, 0.1) is 36.2 Å². The van der Waals surface area contributed by atoms with E-state index < -0.39 is 41.9 Å². The van der Waals surface area contributed by atoms with Crippen LogP contribution in [0.3, 0.4) is 0 Å². The number of hydrogen-bond acceptors (Lipinski definition) is 12. The molecule has 3 aromatic heterocycles. The van der Waals surface area contributed by atoms with Crippen LogP contribution in [0, 0.1) is 17.8 Å². The van der Waals surface area contributed by atoms with Crippen LogP contribution in [0.25, 0.3) is 11.2 Å². The van der Waals surface area contributed by atoms with Gasteiger partial charge in [-0.1, -0.05) is 5.92 Å². The third-order valence-electron chi connectivity index (χ3n) is 5.76. The molecular weight excluding hydrogens is 512 g/mol. The van der Waals surface area contributed by atoms with E-state index in [0.29, 0.717) is 5.69 Å². The van der Waals surface area contributed by atoms with Gasteiger partial charge in [-0.3, -0.25) is 9.36 Å². The third-order valence-corrected chi connectivity index (χ3v) is 6.53. The summed E-state index contributed by atoms with van der Waals surface area (Å²) in [6, 6.07) is 0. The number of terminal acetylenes is 1. The molecule has 0 aromatic carbocycles. The minimum Gasteiger partial charge on any atom is -0.464 e. The Bertz CT molecular complexity index is 1310. The number of aromatic nitrogens is 5. The predicted octanol–water partition coefficient (Wildman–Crippen LogP) is 2.31. The minimum absolute atomic E-state index is 0.0749. The van der Waals surface area contributed by atoms with Crippen molar-refractivity contribution in [2.45, 2.75) is 45.3 Å². The van der Waals surface area contributed by atoms with Crippen LogP contribution in [0.4, 0.5) is 5.82 Å². The molecule has 190 valence electrons. The summed E-state index contributed by atoms with van der Waals surface area (Å²) in [6.45, 7) is 4.69. The topological polar surface area (TPSA) is 154 Å². The molecule has 0 bridgehead atoms. The van der Waals surface area contributed by atoms with E-state index in [9.17, 15) is 9.59 Å². The number of carbonyl (C=O) groups is 2. The number of ether oxygens (including phenoxy) is 4. The highest BCUT2D eigenvalue weighted by Crippen LogP contribution is 2.46. The molecule has 1 aliphatic heterocycles. The Labute approximate surface area is 215 Å². The number of anilines is 1. The second kappa shape index (κ2) is 10.4. The van der Waals surface area contributed by atoms with Gasteiger partial charge in [0, 0.05) is 12.3 Å². The van der Waals surface area contributed by atoms with Crippen molar-refractivity contribution in [1.82, 2.24) is 24.5 Å². The molecule has 1 saturated heterocycles. The van der Waals surface area contributed by atoms with Crippen LogP contribution in [0.1, 0.15) is 38.8 Å². The van der Waals surface area contributed by atoms with E-state index in [-0.39, 0.29) is 35.5 Å². The zero-order chi connectivity index (χ0) is 26.0. The Balaban J connectivity index is 1.69. The van der Waals surface area contributed by atoms with Crippen LogP contribution in [-0.4, -0.2) is 61.9 Å². The molecule has 2 N–H and O–H groups in total. The maximum Gasteiger partial charge on any atom is 0.341 e. The summed E-state index contributed by atoms with van der Waals surface area (Å²) >= 11 is 7.32. The van der Waals surface area contributed by atoms with Crippen molar-refractivity contribution < 1.29 is 28.5 Å². The van der Waals surface area contributed by atoms with Gasteiger partial charge in [-0.15, -0.1) is 17.8 Å². The van der Waals surface area contributed by atoms with Crippen molar-refractivity contribution >= 4 is 51.9 Å². The van der Waals surface area contributed by atoms with Gasteiger partial charge in [0.1, 0.15) is 11.6 Å². The van der Waals surface area contributed by atoms with E-state index in [1.54, 1.807) is 24.7 Å². The lowest BCUT2D eigenvalue weighted by Crippen LogP contribution is -2.41. The minimum atomic E-state index is -1.17. The number of nitrogens with two attached hydrogens (primary N) is 1. The highest BCUT2D eigenvalue weighted by molar-refractivity contribution is 7.07. The Hall–Kier alpha value is -3.31. The van der Waals surface area contributed by atoms with E-state index in [1.807, 2.05) is 0 Å². The molecule has 0 aliphatic carbocycles. The summed E-state index contributed by atoms with van der Waals surface area (Å²) in [4.78, 5) is 41.1. The molecule has 1 unspecified atom stereocenters. The molecule has 4 heterocycles. The predicted molar refractivity (Wildman–Crippen MR) is 129 cm³/mol. The lowest BCUT2D eigenvalue weighted by molar-refractivity contribution is -0.162. The second-order valence-electron chi connectivity index (χ2n) is 8.05. The number of hydrogen-bond donors (Lipinski definition) is 1. The number of carbonyl (C=O) groups excluding carboxylic acids is 2. The molecule has 5 atom stereocenters. The van der Waals surface area contributed by atoms with Crippen molar-refractivity contribution in [3.05, 3.63) is 28.2 Å². The second-order valence-corrected chi connectivity index (χ2v) is 9.11. The maximum absolute atomic E-state index is 12.6. The first-order chi connectivity index (χ1) is 17.2. The number of halogens is 1. The van der Waals surface area contributed by atoms with Crippen LogP contribution in [0.2, 0.25) is 5.28 Å². The normalized spacial score (nSPS) is 24.4. The molecule has 0 spiro atoms. The molecule has 4 rings (SSSR count). The van der Waals surface area contributed by atoms with Gasteiger partial charge < -0.3 is 24.7 Å². The van der Waals surface area contributed by atoms with Crippen LogP contribution in [-0.2, 0) is 28.5 Å². The lowest BCUT2D eigenvalue weighted by Gasteiger charge is -2.30. The van der Waals surface area contributed by atoms with E-state index in [2.05, 4.69) is 25.9 Å². The summed E-state index contributed by atoms with van der Waals surface area (Å²) in [6.07, 6.45) is 3.52. The Morgan fingerprint density at radius 2 is 2.19 bits per heavy atom. The molecule has 12 nitrogen and oxygen atoms in total. The molecule has 0 saturated carbocycles.